The van der Waals surface area contributed by atoms with Gasteiger partial charge in [-0.25, -0.2) is 4.79 Å². The number of hydrogen-bond donors (Lipinski definition) is 1. The summed E-state index contributed by atoms with van der Waals surface area (Å²) in [7, 11) is 1.31. The molecule has 0 heterocycles. The van der Waals surface area contributed by atoms with Crippen LogP contribution >= 0.6 is 0 Å². The Bertz CT molecular complexity index is 993. The number of ether oxygens (including phenoxy) is 1. The van der Waals surface area contributed by atoms with Crippen LogP contribution < -0.4 is 5.32 Å². The van der Waals surface area contributed by atoms with Crippen molar-refractivity contribution < 1.29 is 19.1 Å². The van der Waals surface area contributed by atoms with Gasteiger partial charge in [-0.2, -0.15) is 0 Å². The third kappa shape index (κ3) is 5.39. The topological polar surface area (TPSA) is 72.5 Å². The van der Waals surface area contributed by atoms with E-state index >= 15 is 0 Å². The number of rotatable bonds is 7. The van der Waals surface area contributed by atoms with Crippen molar-refractivity contribution in [2.24, 2.45) is 0 Å². The van der Waals surface area contributed by atoms with Crippen LogP contribution in [0.1, 0.15) is 33.6 Å². The molecule has 0 radical (unpaired) electrons. The molecule has 0 aliphatic carbocycles. The summed E-state index contributed by atoms with van der Waals surface area (Å²) in [5.74, 6) is -0.780. The second-order valence-corrected chi connectivity index (χ2v) is 6.48. The van der Waals surface area contributed by atoms with Crippen molar-refractivity contribution in [1.29, 1.82) is 0 Å². The lowest BCUT2D eigenvalue weighted by molar-refractivity contribution is -0.116. The number of hydrogen-bond acceptors (Lipinski definition) is 4. The van der Waals surface area contributed by atoms with Crippen molar-refractivity contribution >= 4 is 23.3 Å². The molecule has 3 aromatic carbocycles. The molecule has 3 rings (SSSR count). The fourth-order valence-electron chi connectivity index (χ4n) is 2.88. The van der Waals surface area contributed by atoms with E-state index in [1.165, 1.54) is 7.11 Å². The maximum absolute atomic E-state index is 12.4. The van der Waals surface area contributed by atoms with Crippen molar-refractivity contribution in [1.82, 2.24) is 0 Å². The number of methoxy groups -OCH3 is 1. The van der Waals surface area contributed by atoms with Gasteiger partial charge in [-0.1, -0.05) is 54.6 Å². The van der Waals surface area contributed by atoms with Gasteiger partial charge in [-0.15, -0.1) is 0 Å². The van der Waals surface area contributed by atoms with Gasteiger partial charge in [0.15, 0.2) is 5.78 Å². The summed E-state index contributed by atoms with van der Waals surface area (Å²) in [6, 6.07) is 23.7. The van der Waals surface area contributed by atoms with Crippen LogP contribution in [0.2, 0.25) is 0 Å². The fourth-order valence-corrected chi connectivity index (χ4v) is 2.88. The maximum Gasteiger partial charge on any atom is 0.337 e. The molecule has 0 aliphatic rings. The lowest BCUT2D eigenvalue weighted by Gasteiger charge is -2.07. The first-order chi connectivity index (χ1) is 14.1. The Balaban J connectivity index is 1.52. The lowest BCUT2D eigenvalue weighted by Crippen LogP contribution is -2.13. The zero-order valence-electron chi connectivity index (χ0n) is 16.1. The van der Waals surface area contributed by atoms with Crippen molar-refractivity contribution in [3.8, 4) is 11.1 Å². The average molecular weight is 387 g/mol. The molecule has 0 aromatic heterocycles. The predicted octanol–water partition coefficient (Wildman–Crippen LogP) is 4.74. The number of carbonyl (C=O) groups is 3. The molecular weight excluding hydrogens is 366 g/mol. The summed E-state index contributed by atoms with van der Waals surface area (Å²) in [4.78, 5) is 35.9. The summed E-state index contributed by atoms with van der Waals surface area (Å²) in [6.07, 6.45) is 0.203. The number of esters is 1. The molecule has 1 amide bonds. The number of amides is 1. The standard InChI is InChI=1S/C24H21NO4/c1-29-24(28)20-11-13-21(14-12-20)25-23(27)16-15-22(26)19-9-7-18(8-10-19)17-5-3-2-4-6-17/h2-14H,15-16H2,1H3,(H,25,27). The molecule has 0 aliphatic heterocycles. The maximum atomic E-state index is 12.4. The molecule has 0 saturated carbocycles. The predicted molar refractivity (Wildman–Crippen MR) is 112 cm³/mol. The largest absolute Gasteiger partial charge is 0.465 e. The Morgan fingerprint density at radius 1 is 0.724 bits per heavy atom. The molecule has 29 heavy (non-hydrogen) atoms. The van der Waals surface area contributed by atoms with E-state index in [4.69, 9.17) is 0 Å². The number of nitrogens with one attached hydrogen (secondary N) is 1. The highest BCUT2D eigenvalue weighted by Gasteiger charge is 2.11. The van der Waals surface area contributed by atoms with Crippen LogP contribution in [-0.4, -0.2) is 24.8 Å². The van der Waals surface area contributed by atoms with Gasteiger partial charge in [-0.3, -0.25) is 9.59 Å². The van der Waals surface area contributed by atoms with Gasteiger partial charge in [0, 0.05) is 24.1 Å². The molecule has 3 aromatic rings. The molecule has 5 nitrogen and oxygen atoms in total. The summed E-state index contributed by atoms with van der Waals surface area (Å²) >= 11 is 0. The van der Waals surface area contributed by atoms with Gasteiger partial charge < -0.3 is 10.1 Å². The number of benzene rings is 3. The van der Waals surface area contributed by atoms with E-state index in [-0.39, 0.29) is 24.5 Å². The van der Waals surface area contributed by atoms with E-state index in [1.807, 2.05) is 42.5 Å². The Morgan fingerprint density at radius 3 is 1.93 bits per heavy atom. The average Bonchev–Trinajstić information content (AvgIpc) is 2.78. The summed E-state index contributed by atoms with van der Waals surface area (Å²) in [6.45, 7) is 0. The number of Topliss-reactive ketones (excluding diaryl/α,β-unsaturated/α-hetero) is 1. The number of carbonyl (C=O) groups excluding carboxylic acids is 3. The van der Waals surface area contributed by atoms with E-state index in [0.29, 0.717) is 16.8 Å². The minimum atomic E-state index is -0.438. The van der Waals surface area contributed by atoms with Gasteiger partial charge in [0.05, 0.1) is 12.7 Å². The molecule has 0 bridgehead atoms. The lowest BCUT2D eigenvalue weighted by atomic mass is 10.0. The molecule has 0 saturated heterocycles. The van der Waals surface area contributed by atoms with Crippen molar-refractivity contribution in [2.45, 2.75) is 12.8 Å². The van der Waals surface area contributed by atoms with Gasteiger partial charge in [0.2, 0.25) is 5.91 Å². The van der Waals surface area contributed by atoms with Crippen molar-refractivity contribution in [3.05, 3.63) is 90.0 Å². The van der Waals surface area contributed by atoms with Crippen LogP contribution in [0.3, 0.4) is 0 Å². The first-order valence-electron chi connectivity index (χ1n) is 9.24. The summed E-state index contributed by atoms with van der Waals surface area (Å²) in [5.41, 5.74) is 3.67. The van der Waals surface area contributed by atoms with Crippen LogP contribution in [0.4, 0.5) is 5.69 Å². The third-order valence-electron chi connectivity index (χ3n) is 4.48. The molecule has 0 fully saturated rings. The minimum absolute atomic E-state index is 0.0814. The first-order valence-corrected chi connectivity index (χ1v) is 9.24. The highest BCUT2D eigenvalue weighted by molar-refractivity contribution is 6.00. The highest BCUT2D eigenvalue weighted by atomic mass is 16.5. The Hall–Kier alpha value is -3.73. The van der Waals surface area contributed by atoms with E-state index in [9.17, 15) is 14.4 Å². The van der Waals surface area contributed by atoms with E-state index in [2.05, 4.69) is 10.1 Å². The van der Waals surface area contributed by atoms with E-state index in [0.717, 1.165) is 11.1 Å². The van der Waals surface area contributed by atoms with Crippen molar-refractivity contribution in [3.63, 3.8) is 0 Å². The van der Waals surface area contributed by atoms with E-state index < -0.39 is 5.97 Å². The number of ketones is 1. The summed E-state index contributed by atoms with van der Waals surface area (Å²) in [5, 5.41) is 2.72. The van der Waals surface area contributed by atoms with Crippen LogP contribution in [-0.2, 0) is 9.53 Å². The smallest absolute Gasteiger partial charge is 0.337 e. The van der Waals surface area contributed by atoms with Crippen LogP contribution in [0.5, 0.6) is 0 Å². The molecule has 0 spiro atoms. The van der Waals surface area contributed by atoms with E-state index in [1.54, 1.807) is 36.4 Å². The normalized spacial score (nSPS) is 10.2. The molecule has 146 valence electrons. The van der Waals surface area contributed by atoms with Gasteiger partial charge in [-0.05, 0) is 35.4 Å². The Kier molecular flexibility index (Phi) is 6.53. The Morgan fingerprint density at radius 2 is 1.31 bits per heavy atom. The zero-order chi connectivity index (χ0) is 20.6. The quantitative estimate of drug-likeness (QED) is 0.469. The van der Waals surface area contributed by atoms with Gasteiger partial charge in [0.25, 0.3) is 0 Å². The first kappa shape index (κ1) is 20.0. The number of anilines is 1. The zero-order valence-corrected chi connectivity index (χ0v) is 16.1. The summed E-state index contributed by atoms with van der Waals surface area (Å²) < 4.78 is 4.63. The second-order valence-electron chi connectivity index (χ2n) is 6.48. The van der Waals surface area contributed by atoms with Crippen LogP contribution in [0, 0.1) is 0 Å². The molecule has 5 heteroatoms. The fraction of sp³-hybridized carbons (Fsp3) is 0.125. The third-order valence-corrected chi connectivity index (χ3v) is 4.48. The Labute approximate surface area is 169 Å². The SMILES string of the molecule is COC(=O)c1ccc(NC(=O)CCC(=O)c2ccc(-c3ccccc3)cc2)cc1. The van der Waals surface area contributed by atoms with Crippen molar-refractivity contribution in [2.75, 3.05) is 12.4 Å². The van der Waals surface area contributed by atoms with Crippen LogP contribution in [0.15, 0.2) is 78.9 Å². The highest BCUT2D eigenvalue weighted by Crippen LogP contribution is 2.20. The molecular formula is C24H21NO4. The monoisotopic (exact) mass is 387 g/mol. The molecule has 0 unspecified atom stereocenters. The van der Waals surface area contributed by atoms with Gasteiger partial charge >= 0.3 is 5.97 Å². The second kappa shape index (κ2) is 9.46. The molecule has 1 N–H and O–H groups in total. The van der Waals surface area contributed by atoms with Crippen LogP contribution in [0.25, 0.3) is 11.1 Å². The minimum Gasteiger partial charge on any atom is -0.465 e. The van der Waals surface area contributed by atoms with Gasteiger partial charge in [0.1, 0.15) is 0 Å². The molecule has 0 atom stereocenters.